The van der Waals surface area contributed by atoms with Crippen molar-refractivity contribution in [2.75, 3.05) is 23.3 Å². The molecule has 1 aliphatic carbocycles. The van der Waals surface area contributed by atoms with Crippen molar-refractivity contribution in [1.29, 1.82) is 0 Å². The molecule has 0 aliphatic heterocycles. The van der Waals surface area contributed by atoms with Crippen molar-refractivity contribution in [3.05, 3.63) is 24.3 Å². The Morgan fingerprint density at radius 3 is 2.35 bits per heavy atom. The topological polar surface area (TPSA) is 35.5 Å². The first-order valence-corrected chi connectivity index (χ1v) is 8.04. The minimum atomic E-state index is -0.208. The number of benzene rings is 1. The van der Waals surface area contributed by atoms with Crippen LogP contribution in [0.25, 0.3) is 0 Å². The quantitative estimate of drug-likeness (QED) is 0.806. The van der Waals surface area contributed by atoms with E-state index in [0.717, 1.165) is 38.0 Å². The third kappa shape index (κ3) is 3.89. The van der Waals surface area contributed by atoms with Crippen molar-refractivity contribution in [3.8, 4) is 0 Å². The molecule has 1 fully saturated rings. The highest BCUT2D eigenvalue weighted by atomic mass is 16.3. The molecule has 0 heterocycles. The molecular formula is C17H28N2O. The van der Waals surface area contributed by atoms with Crippen LogP contribution in [-0.4, -0.2) is 30.3 Å². The number of hydrogen-bond donors (Lipinski definition) is 2. The lowest BCUT2D eigenvalue weighted by Gasteiger charge is -2.24. The standard InChI is InChI=1S/C17H28N2O/c1-3-19(4-2)15-12-10-14(11-13-15)18-16-8-6-5-7-9-17(16)20/h10-13,16-18,20H,3-9H2,1-2H3. The van der Waals surface area contributed by atoms with Gasteiger partial charge in [-0.15, -0.1) is 0 Å². The molecule has 0 spiro atoms. The van der Waals surface area contributed by atoms with Gasteiger partial charge in [0.1, 0.15) is 0 Å². The zero-order valence-electron chi connectivity index (χ0n) is 12.8. The van der Waals surface area contributed by atoms with Gasteiger partial charge in [0.15, 0.2) is 0 Å². The van der Waals surface area contributed by atoms with Crippen molar-refractivity contribution in [2.24, 2.45) is 0 Å². The van der Waals surface area contributed by atoms with Crippen LogP contribution in [-0.2, 0) is 0 Å². The summed E-state index contributed by atoms with van der Waals surface area (Å²) >= 11 is 0. The first kappa shape index (κ1) is 15.2. The average molecular weight is 276 g/mol. The van der Waals surface area contributed by atoms with Gasteiger partial charge >= 0.3 is 0 Å². The number of hydrogen-bond acceptors (Lipinski definition) is 3. The van der Waals surface area contributed by atoms with Gasteiger partial charge in [0, 0.05) is 24.5 Å². The SMILES string of the molecule is CCN(CC)c1ccc(NC2CCCCCC2O)cc1. The number of nitrogens with zero attached hydrogens (tertiary/aromatic N) is 1. The molecule has 0 aromatic heterocycles. The summed E-state index contributed by atoms with van der Waals surface area (Å²) in [6.07, 6.45) is 5.40. The summed E-state index contributed by atoms with van der Waals surface area (Å²) in [6, 6.07) is 8.80. The van der Waals surface area contributed by atoms with Crippen molar-refractivity contribution in [3.63, 3.8) is 0 Å². The number of rotatable bonds is 5. The van der Waals surface area contributed by atoms with E-state index in [2.05, 4.69) is 48.3 Å². The fraction of sp³-hybridized carbons (Fsp3) is 0.647. The summed E-state index contributed by atoms with van der Waals surface area (Å²) in [5.41, 5.74) is 2.38. The molecule has 1 saturated carbocycles. The predicted octanol–water partition coefficient (Wildman–Crippen LogP) is 3.64. The molecule has 2 N–H and O–H groups in total. The smallest absolute Gasteiger partial charge is 0.0741 e. The zero-order chi connectivity index (χ0) is 14.4. The van der Waals surface area contributed by atoms with Crippen LogP contribution in [0.5, 0.6) is 0 Å². The van der Waals surface area contributed by atoms with Crippen LogP contribution >= 0.6 is 0 Å². The van der Waals surface area contributed by atoms with Crippen molar-refractivity contribution in [2.45, 2.75) is 58.1 Å². The lowest BCUT2D eigenvalue weighted by atomic mass is 10.1. The van der Waals surface area contributed by atoms with Crippen molar-refractivity contribution < 1.29 is 5.11 Å². The molecule has 0 saturated heterocycles. The van der Waals surface area contributed by atoms with E-state index < -0.39 is 0 Å². The van der Waals surface area contributed by atoms with Gasteiger partial charge in [0.2, 0.25) is 0 Å². The molecule has 20 heavy (non-hydrogen) atoms. The zero-order valence-corrected chi connectivity index (χ0v) is 12.8. The van der Waals surface area contributed by atoms with E-state index in [9.17, 15) is 5.11 Å². The van der Waals surface area contributed by atoms with Crippen LogP contribution < -0.4 is 10.2 Å². The molecule has 0 radical (unpaired) electrons. The second kappa shape index (κ2) is 7.53. The maximum atomic E-state index is 10.2. The molecular weight excluding hydrogens is 248 g/mol. The van der Waals surface area contributed by atoms with E-state index in [4.69, 9.17) is 0 Å². The largest absolute Gasteiger partial charge is 0.391 e. The van der Waals surface area contributed by atoms with Crippen LogP contribution in [0.1, 0.15) is 46.0 Å². The minimum Gasteiger partial charge on any atom is -0.391 e. The van der Waals surface area contributed by atoms with E-state index in [1.165, 1.54) is 18.5 Å². The van der Waals surface area contributed by atoms with Gasteiger partial charge in [-0.05, 0) is 51.0 Å². The Balaban J connectivity index is 1.99. The fourth-order valence-corrected chi connectivity index (χ4v) is 3.03. The maximum absolute atomic E-state index is 10.2. The molecule has 3 nitrogen and oxygen atoms in total. The lowest BCUT2D eigenvalue weighted by molar-refractivity contribution is 0.144. The molecule has 3 heteroatoms. The molecule has 0 amide bonds. The Morgan fingerprint density at radius 1 is 1.05 bits per heavy atom. The van der Waals surface area contributed by atoms with E-state index in [-0.39, 0.29) is 12.1 Å². The second-order valence-corrected chi connectivity index (χ2v) is 5.68. The van der Waals surface area contributed by atoms with Gasteiger partial charge in [-0.3, -0.25) is 0 Å². The summed E-state index contributed by atoms with van der Waals surface area (Å²) in [6.45, 7) is 6.42. The number of aliphatic hydroxyl groups is 1. The highest BCUT2D eigenvalue weighted by Crippen LogP contribution is 2.23. The fourth-order valence-electron chi connectivity index (χ4n) is 3.03. The lowest BCUT2D eigenvalue weighted by Crippen LogP contribution is -2.32. The van der Waals surface area contributed by atoms with E-state index in [1.807, 2.05) is 0 Å². The van der Waals surface area contributed by atoms with Crippen LogP contribution in [0.2, 0.25) is 0 Å². The van der Waals surface area contributed by atoms with Gasteiger partial charge in [0.25, 0.3) is 0 Å². The molecule has 0 bridgehead atoms. The van der Waals surface area contributed by atoms with Crippen molar-refractivity contribution >= 4 is 11.4 Å². The van der Waals surface area contributed by atoms with Crippen LogP contribution in [0.4, 0.5) is 11.4 Å². The summed E-state index contributed by atoms with van der Waals surface area (Å²) in [5.74, 6) is 0. The predicted molar refractivity (Wildman–Crippen MR) is 86.5 cm³/mol. The van der Waals surface area contributed by atoms with E-state index in [0.29, 0.717) is 0 Å². The number of nitrogens with one attached hydrogen (secondary N) is 1. The Morgan fingerprint density at radius 2 is 1.70 bits per heavy atom. The minimum absolute atomic E-state index is 0.205. The van der Waals surface area contributed by atoms with Gasteiger partial charge in [-0.1, -0.05) is 19.3 Å². The molecule has 112 valence electrons. The van der Waals surface area contributed by atoms with E-state index in [1.54, 1.807) is 0 Å². The summed E-state index contributed by atoms with van der Waals surface area (Å²) < 4.78 is 0. The monoisotopic (exact) mass is 276 g/mol. The van der Waals surface area contributed by atoms with Gasteiger partial charge in [0.05, 0.1) is 12.1 Å². The Hall–Kier alpha value is -1.22. The third-order valence-corrected chi connectivity index (χ3v) is 4.33. The van der Waals surface area contributed by atoms with Gasteiger partial charge < -0.3 is 15.3 Å². The highest BCUT2D eigenvalue weighted by molar-refractivity contribution is 5.55. The molecule has 1 aliphatic rings. The van der Waals surface area contributed by atoms with E-state index >= 15 is 0 Å². The number of anilines is 2. The molecule has 1 aromatic carbocycles. The average Bonchev–Trinajstić information content (AvgIpc) is 2.67. The van der Waals surface area contributed by atoms with Crippen molar-refractivity contribution in [1.82, 2.24) is 0 Å². The molecule has 1 aromatic rings. The van der Waals surface area contributed by atoms with Crippen LogP contribution in [0.3, 0.4) is 0 Å². The van der Waals surface area contributed by atoms with Crippen LogP contribution in [0.15, 0.2) is 24.3 Å². The number of aliphatic hydroxyl groups excluding tert-OH is 1. The normalized spacial score (nSPS) is 23.1. The Labute approximate surface area is 123 Å². The summed E-state index contributed by atoms with van der Waals surface area (Å²) in [5, 5.41) is 13.7. The summed E-state index contributed by atoms with van der Waals surface area (Å²) in [4.78, 5) is 2.34. The van der Waals surface area contributed by atoms with Gasteiger partial charge in [-0.2, -0.15) is 0 Å². The van der Waals surface area contributed by atoms with Crippen LogP contribution in [0, 0.1) is 0 Å². The summed E-state index contributed by atoms with van der Waals surface area (Å²) in [7, 11) is 0. The first-order valence-electron chi connectivity index (χ1n) is 8.04. The third-order valence-electron chi connectivity index (χ3n) is 4.33. The Bertz CT molecular complexity index is 386. The Kier molecular flexibility index (Phi) is 5.72. The molecule has 2 rings (SSSR count). The van der Waals surface area contributed by atoms with Gasteiger partial charge in [-0.25, -0.2) is 0 Å². The maximum Gasteiger partial charge on any atom is 0.0741 e. The molecule has 2 unspecified atom stereocenters. The molecule has 2 atom stereocenters. The highest BCUT2D eigenvalue weighted by Gasteiger charge is 2.21. The first-order chi connectivity index (χ1) is 9.74. The second-order valence-electron chi connectivity index (χ2n) is 5.68.